The monoisotopic (exact) mass is 131 g/mol. The molecule has 3 nitrogen and oxygen atoms in total. The SMILES string of the molecule is CC1=CC=NS(=O)O1. The highest BCUT2D eigenvalue weighted by Crippen LogP contribution is 2.02. The first kappa shape index (κ1) is 5.50. The Balaban J connectivity index is 2.73. The van der Waals surface area contributed by atoms with Crippen molar-refractivity contribution in [2.24, 2.45) is 4.40 Å². The third kappa shape index (κ3) is 1.16. The van der Waals surface area contributed by atoms with E-state index < -0.39 is 11.3 Å². The van der Waals surface area contributed by atoms with E-state index >= 15 is 0 Å². The lowest BCUT2D eigenvalue weighted by Crippen LogP contribution is -1.96. The van der Waals surface area contributed by atoms with Crippen LogP contribution in [0, 0.1) is 0 Å². The van der Waals surface area contributed by atoms with Crippen molar-refractivity contribution < 1.29 is 8.39 Å². The van der Waals surface area contributed by atoms with E-state index in [4.69, 9.17) is 0 Å². The summed E-state index contributed by atoms with van der Waals surface area (Å²) in [5.74, 6) is 0.637. The van der Waals surface area contributed by atoms with Crippen molar-refractivity contribution in [1.82, 2.24) is 0 Å². The summed E-state index contributed by atoms with van der Waals surface area (Å²) >= 11 is -1.47. The molecule has 1 unspecified atom stereocenters. The molecule has 0 N–H and O–H groups in total. The molecule has 8 heavy (non-hydrogen) atoms. The van der Waals surface area contributed by atoms with Gasteiger partial charge < -0.3 is 4.18 Å². The van der Waals surface area contributed by atoms with Crippen LogP contribution in [0.5, 0.6) is 0 Å². The minimum absolute atomic E-state index is 0.637. The van der Waals surface area contributed by atoms with Crippen LogP contribution in [0.3, 0.4) is 0 Å². The molecule has 1 rings (SSSR count). The van der Waals surface area contributed by atoms with E-state index in [0.29, 0.717) is 5.76 Å². The van der Waals surface area contributed by atoms with Gasteiger partial charge in [-0.3, -0.25) is 0 Å². The molecule has 0 amide bonds. The third-order valence-corrected chi connectivity index (χ3v) is 1.36. The Labute approximate surface area is 49.9 Å². The second kappa shape index (κ2) is 2.09. The molecular weight excluding hydrogens is 126 g/mol. The van der Waals surface area contributed by atoms with Crippen LogP contribution in [-0.2, 0) is 15.4 Å². The van der Waals surface area contributed by atoms with Crippen LogP contribution < -0.4 is 0 Å². The molecule has 1 atom stereocenters. The lowest BCUT2D eigenvalue weighted by Gasteiger charge is -2.01. The zero-order valence-corrected chi connectivity index (χ0v) is 5.14. The van der Waals surface area contributed by atoms with Crippen LogP contribution in [0.15, 0.2) is 16.2 Å². The Morgan fingerprint density at radius 1 is 1.88 bits per heavy atom. The Morgan fingerprint density at radius 2 is 2.62 bits per heavy atom. The highest BCUT2D eigenvalue weighted by Gasteiger charge is 1.99. The van der Waals surface area contributed by atoms with E-state index in [2.05, 4.69) is 8.58 Å². The molecule has 0 saturated carbocycles. The summed E-state index contributed by atoms with van der Waals surface area (Å²) < 4.78 is 18.4. The number of nitrogens with zero attached hydrogens (tertiary/aromatic N) is 1. The summed E-state index contributed by atoms with van der Waals surface area (Å²) in [7, 11) is 0. The van der Waals surface area contributed by atoms with Gasteiger partial charge in [-0.25, -0.2) is 0 Å². The fourth-order valence-electron chi connectivity index (χ4n) is 0.347. The first-order chi connectivity index (χ1) is 3.79. The summed E-state index contributed by atoms with van der Waals surface area (Å²) in [6, 6.07) is 0. The lowest BCUT2D eigenvalue weighted by atomic mass is 10.5. The summed E-state index contributed by atoms with van der Waals surface area (Å²) in [6.45, 7) is 1.73. The molecule has 0 aliphatic carbocycles. The highest BCUT2D eigenvalue weighted by atomic mass is 32.2. The summed E-state index contributed by atoms with van der Waals surface area (Å²) in [6.07, 6.45) is 3.12. The second-order valence-corrected chi connectivity index (χ2v) is 2.14. The molecule has 0 spiro atoms. The van der Waals surface area contributed by atoms with E-state index in [1.165, 1.54) is 6.21 Å². The number of rotatable bonds is 0. The lowest BCUT2D eigenvalue weighted by molar-refractivity contribution is 0.457. The molecule has 0 radical (unpaired) electrons. The Hall–Kier alpha value is -0.640. The highest BCUT2D eigenvalue weighted by molar-refractivity contribution is 7.79. The van der Waals surface area contributed by atoms with Gasteiger partial charge >= 0.3 is 11.3 Å². The maximum Gasteiger partial charge on any atom is 0.338 e. The van der Waals surface area contributed by atoms with Gasteiger partial charge in [0.2, 0.25) is 0 Å². The van der Waals surface area contributed by atoms with Gasteiger partial charge in [0, 0.05) is 6.21 Å². The zero-order chi connectivity index (χ0) is 5.98. The Kier molecular flexibility index (Phi) is 1.43. The van der Waals surface area contributed by atoms with Crippen molar-refractivity contribution in [3.8, 4) is 0 Å². The van der Waals surface area contributed by atoms with Gasteiger partial charge in [0.15, 0.2) is 0 Å². The van der Waals surface area contributed by atoms with E-state index in [9.17, 15) is 4.21 Å². The molecule has 0 fully saturated rings. The fraction of sp³-hybridized carbons (Fsp3) is 0.250. The predicted molar refractivity (Wildman–Crippen MR) is 31.5 cm³/mol. The molecule has 0 aromatic rings. The predicted octanol–water partition coefficient (Wildman–Crippen LogP) is 0.570. The van der Waals surface area contributed by atoms with Crippen LogP contribution in [-0.4, -0.2) is 10.4 Å². The topological polar surface area (TPSA) is 38.7 Å². The molecule has 0 saturated heterocycles. The molecule has 44 valence electrons. The molecule has 4 heteroatoms. The van der Waals surface area contributed by atoms with Crippen LogP contribution >= 0.6 is 0 Å². The van der Waals surface area contributed by atoms with Gasteiger partial charge in [-0.05, 0) is 13.0 Å². The van der Waals surface area contributed by atoms with Gasteiger partial charge in [0.05, 0.1) is 0 Å². The van der Waals surface area contributed by atoms with Crippen LogP contribution in [0.25, 0.3) is 0 Å². The maximum absolute atomic E-state index is 10.3. The van der Waals surface area contributed by atoms with Crippen LogP contribution in [0.1, 0.15) is 6.92 Å². The van der Waals surface area contributed by atoms with E-state index in [0.717, 1.165) is 0 Å². The van der Waals surface area contributed by atoms with Gasteiger partial charge in [0.25, 0.3) is 0 Å². The summed E-state index contributed by atoms with van der Waals surface area (Å²) in [5, 5.41) is 0. The van der Waals surface area contributed by atoms with Crippen LogP contribution in [0.4, 0.5) is 0 Å². The number of hydrogen-bond donors (Lipinski definition) is 0. The first-order valence-electron chi connectivity index (χ1n) is 2.10. The maximum atomic E-state index is 10.3. The van der Waals surface area contributed by atoms with Crippen molar-refractivity contribution in [3.05, 3.63) is 11.8 Å². The van der Waals surface area contributed by atoms with Gasteiger partial charge in [-0.15, -0.1) is 0 Å². The Bertz CT molecular complexity index is 173. The normalized spacial score (nSPS) is 26.6. The van der Waals surface area contributed by atoms with Gasteiger partial charge in [-0.1, -0.05) is 0 Å². The van der Waals surface area contributed by atoms with Crippen molar-refractivity contribution >= 4 is 17.5 Å². The van der Waals surface area contributed by atoms with E-state index in [-0.39, 0.29) is 0 Å². The largest absolute Gasteiger partial charge is 0.389 e. The zero-order valence-electron chi connectivity index (χ0n) is 4.33. The molecule has 0 aromatic heterocycles. The minimum Gasteiger partial charge on any atom is -0.389 e. The van der Waals surface area contributed by atoms with Crippen molar-refractivity contribution in [2.45, 2.75) is 6.92 Å². The molecule has 1 aliphatic rings. The van der Waals surface area contributed by atoms with E-state index in [1.54, 1.807) is 13.0 Å². The number of allylic oxidation sites excluding steroid dienone is 2. The van der Waals surface area contributed by atoms with Crippen molar-refractivity contribution in [1.29, 1.82) is 0 Å². The molecule has 1 aliphatic heterocycles. The quantitative estimate of drug-likeness (QED) is 0.482. The van der Waals surface area contributed by atoms with E-state index in [1.807, 2.05) is 0 Å². The molecular formula is C4H5NO2S. The average Bonchev–Trinajstić information content (AvgIpc) is 1.64. The number of hydrogen-bond acceptors (Lipinski definition) is 2. The van der Waals surface area contributed by atoms with Gasteiger partial charge in [0.1, 0.15) is 5.76 Å². The first-order valence-corrected chi connectivity index (χ1v) is 3.13. The Morgan fingerprint density at radius 3 is 3.00 bits per heavy atom. The van der Waals surface area contributed by atoms with Gasteiger partial charge in [-0.2, -0.15) is 8.61 Å². The molecule has 0 aromatic carbocycles. The smallest absolute Gasteiger partial charge is 0.338 e. The van der Waals surface area contributed by atoms with Crippen molar-refractivity contribution in [2.75, 3.05) is 0 Å². The minimum atomic E-state index is -1.47. The summed E-state index contributed by atoms with van der Waals surface area (Å²) in [4.78, 5) is 0. The standard InChI is InChI=1S/C4H5NO2S/c1-4-2-3-5-8(6)7-4/h2-3H,1H3. The van der Waals surface area contributed by atoms with Crippen LogP contribution in [0.2, 0.25) is 0 Å². The molecule has 0 bridgehead atoms. The molecule has 1 heterocycles. The second-order valence-electron chi connectivity index (χ2n) is 1.33. The fourth-order valence-corrected chi connectivity index (χ4v) is 0.831. The van der Waals surface area contributed by atoms with Crippen molar-refractivity contribution in [3.63, 3.8) is 0 Å². The third-order valence-electron chi connectivity index (χ3n) is 0.659. The average molecular weight is 131 g/mol. The summed E-state index contributed by atoms with van der Waals surface area (Å²) in [5.41, 5.74) is 0.